The Morgan fingerprint density at radius 3 is 2.71 bits per heavy atom. The summed E-state index contributed by atoms with van der Waals surface area (Å²) < 4.78 is 24.8. The van der Waals surface area contributed by atoms with Gasteiger partial charge in [-0.1, -0.05) is 0 Å². The largest absolute Gasteiger partial charge is 0.369 e. The van der Waals surface area contributed by atoms with Crippen LogP contribution in [0.2, 0.25) is 0 Å². The number of rotatable bonds is 4. The fraction of sp³-hybridized carbons (Fsp3) is 0.667. The van der Waals surface area contributed by atoms with E-state index >= 15 is 0 Å². The van der Waals surface area contributed by atoms with Gasteiger partial charge in [0.05, 0.1) is 22.9 Å². The molecule has 1 saturated heterocycles. The average Bonchev–Trinajstić information content (AvgIpc) is 2.63. The van der Waals surface area contributed by atoms with Crippen LogP contribution < -0.4 is 5.73 Å². The Morgan fingerprint density at radius 1 is 1.48 bits per heavy atom. The van der Waals surface area contributed by atoms with Crippen molar-refractivity contribution in [3.05, 3.63) is 16.1 Å². The first-order valence-corrected chi connectivity index (χ1v) is 9.36. The van der Waals surface area contributed by atoms with Crippen LogP contribution in [0.1, 0.15) is 10.7 Å². The SMILES string of the molecule is Cc1nc(CN2CCN(S(C)(=O)=O)CC(C(N)=O)C2)cs1. The fourth-order valence-corrected chi connectivity index (χ4v) is 3.85. The molecule has 2 N–H and O–H groups in total. The molecule has 1 aliphatic rings. The summed E-state index contributed by atoms with van der Waals surface area (Å²) in [5.74, 6) is -0.966. The molecule has 1 aromatic heterocycles. The number of carbonyl (C=O) groups is 1. The maximum Gasteiger partial charge on any atom is 0.223 e. The Kier molecular flexibility index (Phi) is 4.97. The van der Waals surface area contributed by atoms with Crippen molar-refractivity contribution in [2.24, 2.45) is 11.7 Å². The van der Waals surface area contributed by atoms with Crippen molar-refractivity contribution in [1.82, 2.24) is 14.2 Å². The lowest BCUT2D eigenvalue weighted by atomic mass is 10.1. The van der Waals surface area contributed by atoms with Gasteiger partial charge in [0.1, 0.15) is 0 Å². The summed E-state index contributed by atoms with van der Waals surface area (Å²) >= 11 is 1.57. The molecule has 0 aliphatic carbocycles. The summed E-state index contributed by atoms with van der Waals surface area (Å²) in [6.07, 6.45) is 1.16. The van der Waals surface area contributed by atoms with Crippen LogP contribution in [-0.4, -0.2) is 60.9 Å². The highest BCUT2D eigenvalue weighted by atomic mass is 32.2. The molecule has 1 amide bonds. The number of amides is 1. The Labute approximate surface area is 128 Å². The fourth-order valence-electron chi connectivity index (χ4n) is 2.39. The third-order valence-electron chi connectivity index (χ3n) is 3.49. The quantitative estimate of drug-likeness (QED) is 0.811. The molecule has 118 valence electrons. The highest BCUT2D eigenvalue weighted by Gasteiger charge is 2.30. The van der Waals surface area contributed by atoms with Crippen molar-refractivity contribution in [3.8, 4) is 0 Å². The van der Waals surface area contributed by atoms with Crippen molar-refractivity contribution in [2.45, 2.75) is 13.5 Å². The smallest absolute Gasteiger partial charge is 0.223 e. The van der Waals surface area contributed by atoms with Crippen LogP contribution >= 0.6 is 11.3 Å². The molecule has 0 saturated carbocycles. The van der Waals surface area contributed by atoms with Gasteiger partial charge < -0.3 is 5.73 Å². The van der Waals surface area contributed by atoms with Crippen molar-refractivity contribution in [1.29, 1.82) is 0 Å². The van der Waals surface area contributed by atoms with Crippen LogP contribution in [-0.2, 0) is 21.4 Å². The molecule has 21 heavy (non-hydrogen) atoms. The average molecular weight is 332 g/mol. The van der Waals surface area contributed by atoms with Gasteiger partial charge in [0, 0.05) is 38.1 Å². The van der Waals surface area contributed by atoms with E-state index in [1.165, 1.54) is 4.31 Å². The van der Waals surface area contributed by atoms with Gasteiger partial charge in [-0.2, -0.15) is 0 Å². The minimum Gasteiger partial charge on any atom is -0.369 e. The molecule has 2 rings (SSSR count). The second-order valence-electron chi connectivity index (χ2n) is 5.31. The lowest BCUT2D eigenvalue weighted by Crippen LogP contribution is -2.40. The Morgan fingerprint density at radius 2 is 2.19 bits per heavy atom. The number of sulfonamides is 1. The number of carbonyl (C=O) groups excluding carboxylic acids is 1. The van der Waals surface area contributed by atoms with Crippen LogP contribution in [0, 0.1) is 12.8 Å². The van der Waals surface area contributed by atoms with E-state index in [1.807, 2.05) is 17.2 Å². The first-order chi connectivity index (χ1) is 9.75. The van der Waals surface area contributed by atoms with Crippen molar-refractivity contribution < 1.29 is 13.2 Å². The van der Waals surface area contributed by atoms with E-state index in [9.17, 15) is 13.2 Å². The second kappa shape index (κ2) is 6.39. The number of hydrogen-bond donors (Lipinski definition) is 1. The van der Waals surface area contributed by atoms with Crippen LogP contribution in [0.5, 0.6) is 0 Å². The van der Waals surface area contributed by atoms with E-state index in [1.54, 1.807) is 11.3 Å². The molecule has 0 bridgehead atoms. The molecule has 9 heteroatoms. The maximum absolute atomic E-state index is 11.7. The summed E-state index contributed by atoms with van der Waals surface area (Å²) in [6.45, 7) is 4.08. The topological polar surface area (TPSA) is 96.6 Å². The molecule has 0 spiro atoms. The monoisotopic (exact) mass is 332 g/mol. The molecule has 1 unspecified atom stereocenters. The number of nitrogens with zero attached hydrogens (tertiary/aromatic N) is 3. The van der Waals surface area contributed by atoms with Crippen molar-refractivity contribution >= 4 is 27.3 Å². The summed E-state index contributed by atoms with van der Waals surface area (Å²) in [6, 6.07) is 0. The highest BCUT2D eigenvalue weighted by Crippen LogP contribution is 2.16. The van der Waals surface area contributed by atoms with Crippen molar-refractivity contribution in [2.75, 3.05) is 32.4 Å². The van der Waals surface area contributed by atoms with Gasteiger partial charge >= 0.3 is 0 Å². The zero-order chi connectivity index (χ0) is 15.6. The minimum atomic E-state index is -3.32. The van der Waals surface area contributed by atoms with Gasteiger partial charge in [-0.25, -0.2) is 17.7 Å². The third kappa shape index (κ3) is 4.47. The minimum absolute atomic E-state index is 0.154. The molecule has 0 aromatic carbocycles. The number of aryl methyl sites for hydroxylation is 1. The molecule has 1 aliphatic heterocycles. The zero-order valence-corrected chi connectivity index (χ0v) is 13.8. The number of nitrogens with two attached hydrogens (primary N) is 1. The molecular formula is C12H20N4O3S2. The van der Waals surface area contributed by atoms with E-state index in [0.29, 0.717) is 26.2 Å². The standard InChI is InChI=1S/C12H20N4O3S2/c1-9-14-11(8-20-9)7-15-3-4-16(21(2,18)19)6-10(5-15)12(13)17/h8,10H,3-7H2,1-2H3,(H2,13,17). The first kappa shape index (κ1) is 16.3. The number of primary amides is 1. The molecule has 1 aromatic rings. The van der Waals surface area contributed by atoms with Gasteiger partial charge in [-0.05, 0) is 6.92 Å². The summed E-state index contributed by atoms with van der Waals surface area (Å²) in [7, 11) is -3.32. The predicted molar refractivity (Wildman–Crippen MR) is 81.2 cm³/mol. The van der Waals surface area contributed by atoms with E-state index in [0.717, 1.165) is 17.0 Å². The Bertz CT molecular complexity index is 614. The predicted octanol–water partition coefficient (Wildman–Crippen LogP) is -0.370. The lowest BCUT2D eigenvalue weighted by Gasteiger charge is -2.21. The summed E-state index contributed by atoms with van der Waals surface area (Å²) in [5, 5.41) is 2.97. The van der Waals surface area contributed by atoms with Crippen LogP contribution in [0.4, 0.5) is 0 Å². The van der Waals surface area contributed by atoms with Gasteiger partial charge in [-0.15, -0.1) is 11.3 Å². The van der Waals surface area contributed by atoms with E-state index in [-0.39, 0.29) is 6.54 Å². The normalized spacial score (nSPS) is 22.1. The third-order valence-corrected chi connectivity index (χ3v) is 5.58. The Balaban J connectivity index is 2.12. The summed E-state index contributed by atoms with van der Waals surface area (Å²) in [4.78, 5) is 18.0. The summed E-state index contributed by atoms with van der Waals surface area (Å²) in [5.41, 5.74) is 6.34. The second-order valence-corrected chi connectivity index (χ2v) is 8.36. The van der Waals surface area contributed by atoms with Crippen LogP contribution in [0.3, 0.4) is 0 Å². The van der Waals surface area contributed by atoms with Gasteiger partial charge in [0.25, 0.3) is 0 Å². The molecule has 7 nitrogen and oxygen atoms in total. The highest BCUT2D eigenvalue weighted by molar-refractivity contribution is 7.88. The molecule has 1 fully saturated rings. The van der Waals surface area contributed by atoms with Gasteiger partial charge in [0.15, 0.2) is 0 Å². The van der Waals surface area contributed by atoms with E-state index in [2.05, 4.69) is 4.98 Å². The Hall–Kier alpha value is -1.03. The number of thiazole rings is 1. The molecule has 1 atom stereocenters. The molecular weight excluding hydrogens is 312 g/mol. The van der Waals surface area contributed by atoms with Crippen molar-refractivity contribution in [3.63, 3.8) is 0 Å². The number of aromatic nitrogens is 1. The van der Waals surface area contributed by atoms with E-state index in [4.69, 9.17) is 5.73 Å². The van der Waals surface area contributed by atoms with Crippen LogP contribution in [0.25, 0.3) is 0 Å². The zero-order valence-electron chi connectivity index (χ0n) is 12.2. The van der Waals surface area contributed by atoms with Gasteiger partial charge in [-0.3, -0.25) is 9.69 Å². The maximum atomic E-state index is 11.7. The molecule has 2 heterocycles. The number of hydrogen-bond acceptors (Lipinski definition) is 6. The van der Waals surface area contributed by atoms with Crippen LogP contribution in [0.15, 0.2) is 5.38 Å². The molecule has 0 radical (unpaired) electrons. The lowest BCUT2D eigenvalue weighted by molar-refractivity contribution is -0.122. The van der Waals surface area contributed by atoms with E-state index < -0.39 is 21.8 Å². The van der Waals surface area contributed by atoms with Gasteiger partial charge in [0.2, 0.25) is 15.9 Å². The first-order valence-electron chi connectivity index (χ1n) is 6.63.